The topological polar surface area (TPSA) is 30.7 Å². The van der Waals surface area contributed by atoms with Gasteiger partial charge in [0.25, 0.3) is 0 Å². The molecule has 11 rings (SSSR count). The van der Waals surface area contributed by atoms with Gasteiger partial charge < -0.3 is 4.57 Å². The Morgan fingerprint density at radius 2 is 0.981 bits per heavy atom. The summed E-state index contributed by atoms with van der Waals surface area (Å²) in [6, 6.07) is 62.8. The molecule has 11 aromatic rings. The maximum absolute atomic E-state index is 5.12. The van der Waals surface area contributed by atoms with Gasteiger partial charge in [-0.05, 0) is 40.4 Å². The Morgan fingerprint density at radius 1 is 0.404 bits per heavy atom. The van der Waals surface area contributed by atoms with Crippen molar-refractivity contribution in [2.24, 2.45) is 0 Å². The van der Waals surface area contributed by atoms with Crippen LogP contribution in [0.5, 0.6) is 0 Å². The zero-order valence-electron chi connectivity index (χ0n) is 28.0. The van der Waals surface area contributed by atoms with Crippen LogP contribution in [0.25, 0.3) is 103 Å². The summed E-state index contributed by atoms with van der Waals surface area (Å²) in [6.45, 7) is 0. The summed E-state index contributed by atoms with van der Waals surface area (Å²) in [7, 11) is 0. The van der Waals surface area contributed by atoms with Crippen molar-refractivity contribution >= 4 is 74.9 Å². The van der Waals surface area contributed by atoms with E-state index in [4.69, 9.17) is 9.97 Å². The molecule has 3 nitrogen and oxygen atoms in total. The largest absolute Gasteiger partial charge is 0.307 e. The van der Waals surface area contributed by atoms with Gasteiger partial charge in [0.15, 0.2) is 5.82 Å². The Hall–Kier alpha value is -6.62. The number of hydrogen-bond donors (Lipinski definition) is 0. The van der Waals surface area contributed by atoms with Crippen molar-refractivity contribution in [3.05, 3.63) is 176 Å². The third-order valence-electron chi connectivity index (χ3n) is 10.4. The molecular formula is C48H29N3S. The highest BCUT2D eigenvalue weighted by Crippen LogP contribution is 2.49. The Labute approximate surface area is 303 Å². The third kappa shape index (κ3) is 4.38. The molecule has 3 aromatic heterocycles. The molecule has 0 radical (unpaired) electrons. The highest BCUT2D eigenvalue weighted by molar-refractivity contribution is 7.27. The average molecular weight is 680 g/mol. The molecule has 0 aliphatic rings. The van der Waals surface area contributed by atoms with Crippen molar-refractivity contribution in [3.8, 4) is 39.6 Å². The molecule has 0 spiro atoms. The lowest BCUT2D eigenvalue weighted by Gasteiger charge is -2.13. The second-order valence-corrected chi connectivity index (χ2v) is 14.4. The minimum absolute atomic E-state index is 0.717. The summed E-state index contributed by atoms with van der Waals surface area (Å²) in [5.41, 5.74) is 8.51. The molecule has 52 heavy (non-hydrogen) atoms. The van der Waals surface area contributed by atoms with Gasteiger partial charge in [-0.1, -0.05) is 152 Å². The summed E-state index contributed by atoms with van der Waals surface area (Å²) in [6.07, 6.45) is 0. The van der Waals surface area contributed by atoms with E-state index in [0.717, 1.165) is 33.8 Å². The number of rotatable bonds is 4. The zero-order chi connectivity index (χ0) is 34.2. The van der Waals surface area contributed by atoms with Crippen molar-refractivity contribution in [1.82, 2.24) is 14.5 Å². The first-order valence-corrected chi connectivity index (χ1v) is 18.4. The fraction of sp³-hybridized carbons (Fsp3) is 0. The molecule has 0 aliphatic carbocycles. The lowest BCUT2D eigenvalue weighted by atomic mass is 9.98. The maximum atomic E-state index is 5.12. The number of thiophene rings is 1. The highest BCUT2D eigenvalue weighted by Gasteiger charge is 2.23. The summed E-state index contributed by atoms with van der Waals surface area (Å²) in [4.78, 5) is 10.1. The van der Waals surface area contributed by atoms with Crippen molar-refractivity contribution in [2.75, 3.05) is 0 Å². The molecule has 0 atom stereocenters. The van der Waals surface area contributed by atoms with E-state index in [0.29, 0.717) is 5.82 Å². The monoisotopic (exact) mass is 679 g/mol. The third-order valence-corrected chi connectivity index (χ3v) is 11.6. The van der Waals surface area contributed by atoms with E-state index in [2.05, 4.69) is 156 Å². The van der Waals surface area contributed by atoms with Gasteiger partial charge in [0.1, 0.15) is 0 Å². The van der Waals surface area contributed by atoms with Crippen molar-refractivity contribution in [3.63, 3.8) is 0 Å². The van der Waals surface area contributed by atoms with Crippen LogP contribution in [0.4, 0.5) is 0 Å². The molecule has 0 fully saturated rings. The van der Waals surface area contributed by atoms with Gasteiger partial charge in [-0.25, -0.2) is 9.97 Å². The van der Waals surface area contributed by atoms with Gasteiger partial charge in [-0.15, -0.1) is 11.3 Å². The molecule has 3 heterocycles. The fourth-order valence-corrected chi connectivity index (χ4v) is 9.30. The van der Waals surface area contributed by atoms with Crippen LogP contribution >= 0.6 is 11.3 Å². The normalized spacial score (nSPS) is 11.8. The minimum Gasteiger partial charge on any atom is -0.307 e. The Morgan fingerprint density at radius 3 is 1.71 bits per heavy atom. The van der Waals surface area contributed by atoms with E-state index in [1.807, 2.05) is 35.6 Å². The first-order chi connectivity index (χ1) is 25.8. The van der Waals surface area contributed by atoms with Gasteiger partial charge in [-0.3, -0.25) is 0 Å². The van der Waals surface area contributed by atoms with E-state index in [1.54, 1.807) is 0 Å². The maximum Gasteiger partial charge on any atom is 0.160 e. The molecule has 0 amide bonds. The molecule has 0 saturated carbocycles. The molecular weight excluding hydrogens is 651 g/mol. The van der Waals surface area contributed by atoms with Gasteiger partial charge in [0, 0.05) is 54.0 Å². The summed E-state index contributed by atoms with van der Waals surface area (Å²) >= 11 is 1.90. The number of fused-ring (bicyclic) bond motifs is 12. The number of aromatic nitrogens is 3. The molecule has 0 N–H and O–H groups in total. The lowest BCUT2D eigenvalue weighted by Crippen LogP contribution is -1.97. The Kier molecular flexibility index (Phi) is 6.42. The first-order valence-electron chi connectivity index (χ1n) is 17.6. The second kappa shape index (κ2) is 11.5. The molecule has 0 bridgehead atoms. The van der Waals surface area contributed by atoms with Gasteiger partial charge >= 0.3 is 0 Å². The molecule has 4 heteroatoms. The van der Waals surface area contributed by atoms with Gasteiger partial charge in [-0.2, -0.15) is 0 Å². The predicted molar refractivity (Wildman–Crippen MR) is 221 cm³/mol. The minimum atomic E-state index is 0.717. The molecule has 0 saturated heterocycles. The van der Waals surface area contributed by atoms with E-state index < -0.39 is 0 Å². The predicted octanol–water partition coefficient (Wildman–Crippen LogP) is 13.2. The van der Waals surface area contributed by atoms with Crippen LogP contribution in [-0.4, -0.2) is 14.5 Å². The van der Waals surface area contributed by atoms with Crippen molar-refractivity contribution in [2.45, 2.75) is 0 Å². The average Bonchev–Trinajstić information content (AvgIpc) is 3.79. The highest BCUT2D eigenvalue weighted by atomic mass is 32.1. The molecule has 0 unspecified atom stereocenters. The first kappa shape index (κ1) is 29.1. The zero-order valence-corrected chi connectivity index (χ0v) is 28.8. The van der Waals surface area contributed by atoms with E-state index in [-0.39, 0.29) is 0 Å². The summed E-state index contributed by atoms with van der Waals surface area (Å²) in [5.74, 6) is 0.717. The summed E-state index contributed by atoms with van der Waals surface area (Å²) in [5, 5.41) is 10.3. The quantitative estimate of drug-likeness (QED) is 0.185. The number of nitrogens with zero attached hydrogens (tertiary/aromatic N) is 3. The van der Waals surface area contributed by atoms with Crippen LogP contribution < -0.4 is 0 Å². The molecule has 8 aromatic carbocycles. The van der Waals surface area contributed by atoms with Crippen LogP contribution in [0, 0.1) is 0 Å². The van der Waals surface area contributed by atoms with Gasteiger partial charge in [0.2, 0.25) is 0 Å². The SMILES string of the molecule is c1ccc(-c2cc(-c3ccc(-n4c5c6ccccc6ccc5c5c6ccccc6c6c7ccccc7sc6c54)cc3)nc(-c3ccccc3)n2)cc1. The van der Waals surface area contributed by atoms with Crippen LogP contribution in [-0.2, 0) is 0 Å². The van der Waals surface area contributed by atoms with Crippen LogP contribution in [0.1, 0.15) is 0 Å². The van der Waals surface area contributed by atoms with E-state index in [1.165, 1.54) is 63.5 Å². The number of hydrogen-bond acceptors (Lipinski definition) is 3. The second-order valence-electron chi connectivity index (χ2n) is 13.3. The standard InChI is InChI=1S/C48H29N3S/c1-3-14-31(15-4-1)40-29-41(50-48(49-40)33-16-5-2-6-17-33)32-23-26-34(27-24-32)51-45-35-18-8-7-13-30(35)25-28-39(45)43-36-19-9-10-20-37(36)44-38-21-11-12-22-42(38)52-47(44)46(43)51/h1-29H. The van der Waals surface area contributed by atoms with E-state index in [9.17, 15) is 0 Å². The van der Waals surface area contributed by atoms with Crippen LogP contribution in [0.3, 0.4) is 0 Å². The van der Waals surface area contributed by atoms with Crippen molar-refractivity contribution < 1.29 is 0 Å². The molecule has 0 aliphatic heterocycles. The summed E-state index contributed by atoms with van der Waals surface area (Å²) < 4.78 is 5.14. The van der Waals surface area contributed by atoms with E-state index >= 15 is 0 Å². The number of benzene rings is 8. The van der Waals surface area contributed by atoms with Crippen LogP contribution in [0.15, 0.2) is 176 Å². The lowest BCUT2D eigenvalue weighted by molar-refractivity contribution is 1.17. The van der Waals surface area contributed by atoms with Gasteiger partial charge in [0.05, 0.1) is 27.1 Å². The molecule has 242 valence electrons. The Bertz CT molecular complexity index is 3100. The van der Waals surface area contributed by atoms with Crippen molar-refractivity contribution in [1.29, 1.82) is 0 Å². The fourth-order valence-electron chi connectivity index (χ4n) is 8.04. The smallest absolute Gasteiger partial charge is 0.160 e. The van der Waals surface area contributed by atoms with Crippen LogP contribution in [0.2, 0.25) is 0 Å². The Balaban J connectivity index is 1.20.